The minimum Gasteiger partial charge on any atom is -0.308 e. The third-order valence-corrected chi connectivity index (χ3v) is 3.80. The molecule has 0 aliphatic carbocycles. The van der Waals surface area contributed by atoms with E-state index >= 15 is 0 Å². The molecule has 2 aromatic rings. The maximum absolute atomic E-state index is 12.4. The lowest BCUT2D eigenvalue weighted by Gasteiger charge is -2.11. The molecule has 0 unspecified atom stereocenters. The number of urea groups is 1. The summed E-state index contributed by atoms with van der Waals surface area (Å²) in [5.41, 5.74) is -0.973. The van der Waals surface area contributed by atoms with Crippen LogP contribution in [0.25, 0.3) is 0 Å². The van der Waals surface area contributed by atoms with Gasteiger partial charge in [0.25, 0.3) is 10.1 Å². The molecule has 0 fully saturated rings. The third kappa shape index (κ3) is 4.46. The van der Waals surface area contributed by atoms with Crippen LogP contribution in [0.1, 0.15) is 5.56 Å². The van der Waals surface area contributed by atoms with Crippen LogP contribution in [-0.2, 0) is 16.3 Å². The number of carbonyl (C=O) groups is 1. The highest BCUT2D eigenvalue weighted by Crippen LogP contribution is 2.29. The van der Waals surface area contributed by atoms with Crippen molar-refractivity contribution < 1.29 is 30.9 Å². The quantitative estimate of drug-likeness (QED) is 0.729. The number of amides is 2. The molecule has 0 atom stereocenters. The SMILES string of the molecule is O=C(Nc1ccc(C(F)(F)F)cc1)Nc1ccccc1S(=O)(=O)O. The van der Waals surface area contributed by atoms with Crippen molar-refractivity contribution in [2.75, 3.05) is 10.6 Å². The zero-order chi connectivity index (χ0) is 18.0. The van der Waals surface area contributed by atoms with E-state index in [0.29, 0.717) is 0 Å². The molecule has 6 nitrogen and oxygen atoms in total. The average molecular weight is 360 g/mol. The molecule has 0 bridgehead atoms. The first kappa shape index (κ1) is 17.8. The van der Waals surface area contributed by atoms with E-state index in [-0.39, 0.29) is 11.4 Å². The second-order valence-corrected chi connectivity index (χ2v) is 6.02. The van der Waals surface area contributed by atoms with E-state index in [0.717, 1.165) is 30.3 Å². The highest BCUT2D eigenvalue weighted by Gasteiger charge is 2.30. The summed E-state index contributed by atoms with van der Waals surface area (Å²) in [6.45, 7) is 0. The van der Waals surface area contributed by atoms with Gasteiger partial charge in [-0.15, -0.1) is 0 Å². The molecule has 2 aromatic carbocycles. The lowest BCUT2D eigenvalue weighted by Crippen LogP contribution is -2.21. The van der Waals surface area contributed by atoms with Crippen LogP contribution in [0.5, 0.6) is 0 Å². The summed E-state index contributed by atoms with van der Waals surface area (Å²) in [5.74, 6) is 0. The highest BCUT2D eigenvalue weighted by molar-refractivity contribution is 7.86. The van der Waals surface area contributed by atoms with Gasteiger partial charge in [0.05, 0.1) is 11.3 Å². The number of hydrogen-bond donors (Lipinski definition) is 3. The molecule has 0 saturated heterocycles. The fourth-order valence-corrected chi connectivity index (χ4v) is 2.47. The van der Waals surface area contributed by atoms with Gasteiger partial charge >= 0.3 is 12.2 Å². The molecule has 0 heterocycles. The van der Waals surface area contributed by atoms with Crippen LogP contribution in [0.4, 0.5) is 29.3 Å². The van der Waals surface area contributed by atoms with Crippen LogP contribution in [0.3, 0.4) is 0 Å². The largest absolute Gasteiger partial charge is 0.416 e. The Morgan fingerprint density at radius 3 is 2.08 bits per heavy atom. The normalized spacial score (nSPS) is 11.8. The van der Waals surface area contributed by atoms with Gasteiger partial charge in [0.1, 0.15) is 4.90 Å². The zero-order valence-corrected chi connectivity index (χ0v) is 12.6. The lowest BCUT2D eigenvalue weighted by molar-refractivity contribution is -0.137. The predicted molar refractivity (Wildman–Crippen MR) is 80.3 cm³/mol. The molecule has 2 rings (SSSR count). The molecule has 0 aliphatic heterocycles. The number of rotatable bonds is 3. The van der Waals surface area contributed by atoms with Crippen LogP contribution < -0.4 is 10.6 Å². The van der Waals surface area contributed by atoms with Gasteiger partial charge in [-0.25, -0.2) is 4.79 Å². The monoisotopic (exact) mass is 360 g/mol. The number of nitrogens with one attached hydrogen (secondary N) is 2. The Morgan fingerprint density at radius 2 is 1.54 bits per heavy atom. The number of anilines is 2. The fraction of sp³-hybridized carbons (Fsp3) is 0.0714. The number of benzene rings is 2. The summed E-state index contributed by atoms with van der Waals surface area (Å²) in [6.07, 6.45) is -4.49. The number of para-hydroxylation sites is 1. The van der Waals surface area contributed by atoms with Gasteiger partial charge in [-0.3, -0.25) is 4.55 Å². The van der Waals surface area contributed by atoms with Crippen molar-refractivity contribution in [3.63, 3.8) is 0 Å². The summed E-state index contributed by atoms with van der Waals surface area (Å²) >= 11 is 0. The predicted octanol–water partition coefficient (Wildman–Crippen LogP) is 3.60. The first-order valence-corrected chi connectivity index (χ1v) is 7.83. The van der Waals surface area contributed by atoms with Gasteiger partial charge in [-0.05, 0) is 36.4 Å². The summed E-state index contributed by atoms with van der Waals surface area (Å²) in [4.78, 5) is 11.3. The summed E-state index contributed by atoms with van der Waals surface area (Å²) in [6, 6.07) is 7.92. The van der Waals surface area contributed by atoms with E-state index < -0.39 is 32.8 Å². The smallest absolute Gasteiger partial charge is 0.308 e. The van der Waals surface area contributed by atoms with Crippen LogP contribution in [-0.4, -0.2) is 19.0 Å². The van der Waals surface area contributed by atoms with Gasteiger partial charge in [-0.2, -0.15) is 21.6 Å². The summed E-state index contributed by atoms with van der Waals surface area (Å²) in [7, 11) is -4.54. The van der Waals surface area contributed by atoms with Crippen molar-refractivity contribution in [1.82, 2.24) is 0 Å². The number of halogens is 3. The van der Waals surface area contributed by atoms with E-state index in [4.69, 9.17) is 4.55 Å². The van der Waals surface area contributed by atoms with Crippen LogP contribution in [0, 0.1) is 0 Å². The number of hydrogen-bond acceptors (Lipinski definition) is 3. The first-order chi connectivity index (χ1) is 11.1. The maximum atomic E-state index is 12.4. The Morgan fingerprint density at radius 1 is 0.958 bits per heavy atom. The van der Waals surface area contributed by atoms with E-state index in [1.807, 2.05) is 0 Å². The van der Waals surface area contributed by atoms with Gasteiger partial charge < -0.3 is 10.6 Å². The zero-order valence-electron chi connectivity index (χ0n) is 11.8. The molecule has 0 aromatic heterocycles. The van der Waals surface area contributed by atoms with E-state index in [9.17, 15) is 26.4 Å². The summed E-state index contributed by atoms with van der Waals surface area (Å²) in [5, 5.41) is 4.45. The standard InChI is InChI=1S/C14H11F3N2O4S/c15-14(16,17)9-5-7-10(8-6-9)18-13(20)19-11-3-1-2-4-12(11)24(21,22)23/h1-8H,(H2,18,19,20)(H,21,22,23). The molecule has 24 heavy (non-hydrogen) atoms. The van der Waals surface area contributed by atoms with Crippen LogP contribution in [0.15, 0.2) is 53.4 Å². The van der Waals surface area contributed by atoms with Crippen molar-refractivity contribution in [3.05, 3.63) is 54.1 Å². The van der Waals surface area contributed by atoms with E-state index in [1.54, 1.807) is 0 Å². The molecule has 128 valence electrons. The van der Waals surface area contributed by atoms with Gasteiger partial charge in [0.2, 0.25) is 0 Å². The number of alkyl halides is 3. The molecule has 0 spiro atoms. The topological polar surface area (TPSA) is 95.5 Å². The lowest BCUT2D eigenvalue weighted by atomic mass is 10.2. The van der Waals surface area contributed by atoms with Crippen LogP contribution >= 0.6 is 0 Å². The second-order valence-electron chi connectivity index (χ2n) is 4.63. The fourth-order valence-electron chi connectivity index (χ4n) is 1.82. The van der Waals surface area contributed by atoms with E-state index in [2.05, 4.69) is 10.6 Å². The third-order valence-electron chi connectivity index (χ3n) is 2.88. The minimum absolute atomic E-state index is 0.0739. The maximum Gasteiger partial charge on any atom is 0.416 e. The molecule has 0 radical (unpaired) electrons. The Kier molecular flexibility index (Phi) is 4.81. The van der Waals surface area contributed by atoms with Crippen molar-refractivity contribution in [3.8, 4) is 0 Å². The Hall–Kier alpha value is -2.59. The highest BCUT2D eigenvalue weighted by atomic mass is 32.2. The summed E-state index contributed by atoms with van der Waals surface area (Å²) < 4.78 is 68.8. The second kappa shape index (κ2) is 6.49. The molecular formula is C14H11F3N2O4S. The molecular weight excluding hydrogens is 349 g/mol. The van der Waals surface area contributed by atoms with Crippen molar-refractivity contribution in [2.24, 2.45) is 0 Å². The van der Waals surface area contributed by atoms with Gasteiger partial charge in [0.15, 0.2) is 0 Å². The van der Waals surface area contributed by atoms with Crippen molar-refractivity contribution >= 4 is 27.5 Å². The molecule has 0 aliphatic rings. The Bertz CT molecular complexity index is 849. The first-order valence-electron chi connectivity index (χ1n) is 6.39. The minimum atomic E-state index is -4.54. The van der Waals surface area contributed by atoms with Gasteiger partial charge in [0, 0.05) is 5.69 Å². The molecule has 0 saturated carbocycles. The van der Waals surface area contributed by atoms with Crippen molar-refractivity contribution in [1.29, 1.82) is 0 Å². The molecule has 2 amide bonds. The number of carbonyl (C=O) groups excluding carboxylic acids is 1. The van der Waals surface area contributed by atoms with Gasteiger partial charge in [-0.1, -0.05) is 12.1 Å². The van der Waals surface area contributed by atoms with Crippen molar-refractivity contribution in [2.45, 2.75) is 11.1 Å². The molecule has 10 heteroatoms. The van der Waals surface area contributed by atoms with Crippen LogP contribution in [0.2, 0.25) is 0 Å². The van der Waals surface area contributed by atoms with E-state index in [1.165, 1.54) is 18.2 Å². The molecule has 3 N–H and O–H groups in total. The average Bonchev–Trinajstić information content (AvgIpc) is 2.46. The Labute approximate surface area is 135 Å². The Balaban J connectivity index is 2.12.